The van der Waals surface area contributed by atoms with E-state index in [1.54, 1.807) is 24.5 Å². The lowest BCUT2D eigenvalue weighted by Crippen LogP contribution is -2.34. The van der Waals surface area contributed by atoms with Crippen molar-refractivity contribution in [1.82, 2.24) is 4.98 Å². The molecular weight excluding hydrogens is 248 g/mol. The number of nitrogens with zero attached hydrogens (tertiary/aromatic N) is 2. The molecule has 100 valence electrons. The zero-order valence-electron chi connectivity index (χ0n) is 10.7. The van der Waals surface area contributed by atoms with Crippen LogP contribution in [0.25, 0.3) is 0 Å². The van der Waals surface area contributed by atoms with Crippen molar-refractivity contribution < 1.29 is 8.42 Å². The summed E-state index contributed by atoms with van der Waals surface area (Å²) in [5, 5.41) is 0. The Morgan fingerprint density at radius 3 is 2.44 bits per heavy atom. The van der Waals surface area contributed by atoms with Crippen LogP contribution in [0.1, 0.15) is 32.6 Å². The van der Waals surface area contributed by atoms with Crippen LogP contribution in [0, 0.1) is 5.92 Å². The van der Waals surface area contributed by atoms with Crippen molar-refractivity contribution in [3.8, 4) is 0 Å². The largest absolute Gasteiger partial charge is 0.270 e. The van der Waals surface area contributed by atoms with Crippen LogP contribution in [0.3, 0.4) is 0 Å². The highest BCUT2D eigenvalue weighted by Crippen LogP contribution is 2.28. The van der Waals surface area contributed by atoms with E-state index >= 15 is 0 Å². The monoisotopic (exact) mass is 268 g/mol. The normalized spacial score (nSPS) is 16.9. The van der Waals surface area contributed by atoms with Crippen molar-refractivity contribution in [3.05, 3.63) is 24.5 Å². The van der Waals surface area contributed by atoms with Gasteiger partial charge in [0.2, 0.25) is 10.0 Å². The second-order valence-electron chi connectivity index (χ2n) is 4.80. The minimum Gasteiger partial charge on any atom is -0.270 e. The Hall–Kier alpha value is -1.10. The van der Waals surface area contributed by atoms with E-state index in [2.05, 4.69) is 4.98 Å². The van der Waals surface area contributed by atoms with E-state index in [1.807, 2.05) is 6.92 Å². The summed E-state index contributed by atoms with van der Waals surface area (Å²) in [6.45, 7) is 2.34. The molecule has 0 saturated heterocycles. The maximum absolute atomic E-state index is 12.4. The van der Waals surface area contributed by atoms with Gasteiger partial charge in [-0.3, -0.25) is 9.29 Å². The molecule has 0 amide bonds. The first-order chi connectivity index (χ1) is 8.63. The maximum Gasteiger partial charge on any atom is 0.235 e. The predicted octanol–water partition coefficient (Wildman–Crippen LogP) is 2.43. The fraction of sp³-hybridized carbons (Fsp3) is 0.615. The molecule has 0 aliphatic heterocycles. The molecule has 0 aromatic carbocycles. The van der Waals surface area contributed by atoms with Crippen molar-refractivity contribution >= 4 is 15.7 Å². The van der Waals surface area contributed by atoms with Crippen LogP contribution in [-0.2, 0) is 10.0 Å². The van der Waals surface area contributed by atoms with E-state index in [-0.39, 0.29) is 5.75 Å². The highest BCUT2D eigenvalue weighted by atomic mass is 32.2. The highest BCUT2D eigenvalue weighted by Gasteiger charge is 2.27. The van der Waals surface area contributed by atoms with E-state index in [1.165, 1.54) is 17.1 Å². The summed E-state index contributed by atoms with van der Waals surface area (Å²) in [4.78, 5) is 3.93. The minimum absolute atomic E-state index is 0.281. The fourth-order valence-corrected chi connectivity index (χ4v) is 4.56. The first-order valence-electron chi connectivity index (χ1n) is 6.54. The molecule has 1 aliphatic carbocycles. The molecule has 1 aromatic heterocycles. The zero-order chi connectivity index (χ0) is 13.0. The maximum atomic E-state index is 12.4. The van der Waals surface area contributed by atoms with Crippen LogP contribution >= 0.6 is 0 Å². The van der Waals surface area contributed by atoms with Crippen LogP contribution in [0.4, 0.5) is 5.69 Å². The molecule has 1 saturated carbocycles. The van der Waals surface area contributed by atoms with Gasteiger partial charge in [0.1, 0.15) is 0 Å². The third kappa shape index (κ3) is 3.02. The van der Waals surface area contributed by atoms with E-state index in [0.717, 1.165) is 12.8 Å². The smallest absolute Gasteiger partial charge is 0.235 e. The second-order valence-corrected chi connectivity index (χ2v) is 6.74. The molecule has 1 aliphatic rings. The average molecular weight is 268 g/mol. The Bertz CT molecular complexity index is 467. The summed E-state index contributed by atoms with van der Waals surface area (Å²) in [6, 6.07) is 3.49. The van der Waals surface area contributed by atoms with Crippen molar-refractivity contribution in [2.75, 3.05) is 16.6 Å². The molecule has 4 nitrogen and oxygen atoms in total. The Kier molecular flexibility index (Phi) is 4.22. The number of pyridine rings is 1. The molecular formula is C13H20N2O2S. The van der Waals surface area contributed by atoms with E-state index in [4.69, 9.17) is 0 Å². The van der Waals surface area contributed by atoms with Gasteiger partial charge in [-0.05, 0) is 37.8 Å². The standard InChI is InChI=1S/C13H20N2O2S/c1-2-15(13-7-9-14-10-8-13)18(16,17)11-12-5-3-4-6-12/h7-10,12H,2-6,11H2,1H3. The van der Waals surface area contributed by atoms with Gasteiger partial charge < -0.3 is 0 Å². The topological polar surface area (TPSA) is 50.3 Å². The number of rotatable bonds is 5. The van der Waals surface area contributed by atoms with E-state index < -0.39 is 10.0 Å². The second kappa shape index (κ2) is 5.69. The summed E-state index contributed by atoms with van der Waals surface area (Å²) in [7, 11) is -3.20. The Morgan fingerprint density at radius 2 is 1.89 bits per heavy atom. The van der Waals surface area contributed by atoms with Crippen LogP contribution in [0.2, 0.25) is 0 Å². The molecule has 2 rings (SSSR count). The van der Waals surface area contributed by atoms with Gasteiger partial charge in [-0.2, -0.15) is 0 Å². The number of aromatic nitrogens is 1. The van der Waals surface area contributed by atoms with Gasteiger partial charge in [0.05, 0.1) is 11.4 Å². The third-order valence-electron chi connectivity index (χ3n) is 3.49. The molecule has 0 radical (unpaired) electrons. The third-order valence-corrected chi connectivity index (χ3v) is 5.53. The molecule has 0 unspecified atom stereocenters. The minimum atomic E-state index is -3.20. The predicted molar refractivity (Wildman–Crippen MR) is 73.0 cm³/mol. The summed E-state index contributed by atoms with van der Waals surface area (Å²) in [5.74, 6) is 0.620. The Labute approximate surface area is 109 Å². The summed E-state index contributed by atoms with van der Waals surface area (Å²) in [6.07, 6.45) is 7.69. The molecule has 1 aromatic rings. The average Bonchev–Trinajstić information content (AvgIpc) is 2.83. The number of anilines is 1. The summed E-state index contributed by atoms with van der Waals surface area (Å²) in [5.41, 5.74) is 0.713. The van der Waals surface area contributed by atoms with E-state index in [0.29, 0.717) is 18.2 Å². The SMILES string of the molecule is CCN(c1ccncc1)S(=O)(=O)CC1CCCC1. The summed E-state index contributed by atoms with van der Waals surface area (Å²) < 4.78 is 26.3. The first kappa shape index (κ1) is 13.3. The van der Waals surface area contributed by atoms with Gasteiger partial charge >= 0.3 is 0 Å². The zero-order valence-corrected chi connectivity index (χ0v) is 11.6. The quantitative estimate of drug-likeness (QED) is 0.824. The van der Waals surface area contributed by atoms with Crippen LogP contribution in [0.5, 0.6) is 0 Å². The lowest BCUT2D eigenvalue weighted by atomic mass is 10.1. The summed E-state index contributed by atoms with van der Waals surface area (Å²) >= 11 is 0. The molecule has 0 bridgehead atoms. The Balaban J connectivity index is 2.15. The van der Waals surface area contributed by atoms with Crippen LogP contribution in [0.15, 0.2) is 24.5 Å². The fourth-order valence-electron chi connectivity index (χ4n) is 2.62. The van der Waals surface area contributed by atoms with Crippen molar-refractivity contribution in [3.63, 3.8) is 0 Å². The molecule has 0 N–H and O–H groups in total. The molecule has 18 heavy (non-hydrogen) atoms. The van der Waals surface area contributed by atoms with Gasteiger partial charge in [0, 0.05) is 18.9 Å². The van der Waals surface area contributed by atoms with Crippen LogP contribution in [-0.4, -0.2) is 25.7 Å². The molecule has 1 fully saturated rings. The highest BCUT2D eigenvalue weighted by molar-refractivity contribution is 7.92. The van der Waals surface area contributed by atoms with E-state index in [9.17, 15) is 8.42 Å². The number of hydrogen-bond donors (Lipinski definition) is 0. The molecule has 0 spiro atoms. The first-order valence-corrected chi connectivity index (χ1v) is 8.15. The molecule has 1 heterocycles. The van der Waals surface area contributed by atoms with Gasteiger partial charge in [0.15, 0.2) is 0 Å². The van der Waals surface area contributed by atoms with Gasteiger partial charge in [-0.1, -0.05) is 12.8 Å². The lowest BCUT2D eigenvalue weighted by Gasteiger charge is -2.24. The lowest BCUT2D eigenvalue weighted by molar-refractivity contribution is 0.555. The number of sulfonamides is 1. The van der Waals surface area contributed by atoms with Crippen molar-refractivity contribution in [2.24, 2.45) is 5.92 Å². The van der Waals surface area contributed by atoms with Crippen LogP contribution < -0.4 is 4.31 Å². The van der Waals surface area contributed by atoms with Gasteiger partial charge in [-0.25, -0.2) is 8.42 Å². The Morgan fingerprint density at radius 1 is 1.28 bits per heavy atom. The van der Waals surface area contributed by atoms with Gasteiger partial charge in [0.25, 0.3) is 0 Å². The van der Waals surface area contributed by atoms with Crippen molar-refractivity contribution in [1.29, 1.82) is 0 Å². The number of hydrogen-bond acceptors (Lipinski definition) is 3. The van der Waals surface area contributed by atoms with Gasteiger partial charge in [-0.15, -0.1) is 0 Å². The molecule has 5 heteroatoms. The van der Waals surface area contributed by atoms with Crippen molar-refractivity contribution in [2.45, 2.75) is 32.6 Å². The molecule has 0 atom stereocenters.